The highest BCUT2D eigenvalue weighted by Crippen LogP contribution is 2.32. The number of nitriles is 1. The molecule has 0 saturated carbocycles. The monoisotopic (exact) mass is 346 g/mol. The van der Waals surface area contributed by atoms with Crippen molar-refractivity contribution in [3.63, 3.8) is 0 Å². The zero-order valence-corrected chi connectivity index (χ0v) is 14.4. The maximum absolute atomic E-state index is 10.6. The number of nitrogens with zero attached hydrogens (tertiary/aromatic N) is 2. The first-order valence-corrected chi connectivity index (χ1v) is 9.05. The molecule has 1 aromatic carbocycles. The van der Waals surface area contributed by atoms with Crippen LogP contribution < -0.4 is 0 Å². The molecule has 120 valence electrons. The van der Waals surface area contributed by atoms with Gasteiger partial charge in [0.1, 0.15) is 6.07 Å². The van der Waals surface area contributed by atoms with E-state index in [1.165, 1.54) is 4.88 Å². The average Bonchev–Trinajstić information content (AvgIpc) is 3.03. The molecule has 0 bridgehead atoms. The number of benzene rings is 1. The van der Waals surface area contributed by atoms with Crippen LogP contribution in [0, 0.1) is 17.2 Å². The zero-order valence-electron chi connectivity index (χ0n) is 12.8. The van der Waals surface area contributed by atoms with Gasteiger partial charge in [0, 0.05) is 21.8 Å². The van der Waals surface area contributed by atoms with Gasteiger partial charge in [0.05, 0.1) is 11.7 Å². The maximum atomic E-state index is 10.6. The molecule has 2 heterocycles. The molecule has 1 saturated heterocycles. The van der Waals surface area contributed by atoms with Crippen LogP contribution in [0.3, 0.4) is 0 Å². The van der Waals surface area contributed by atoms with Gasteiger partial charge < -0.3 is 5.11 Å². The number of likely N-dealkylation sites (tertiary alicyclic amines) is 1. The summed E-state index contributed by atoms with van der Waals surface area (Å²) < 4.78 is 0. The molecule has 1 fully saturated rings. The van der Waals surface area contributed by atoms with Crippen LogP contribution >= 0.6 is 22.9 Å². The molecule has 3 rings (SSSR count). The van der Waals surface area contributed by atoms with E-state index in [0.29, 0.717) is 10.9 Å². The first-order chi connectivity index (χ1) is 11.2. The third kappa shape index (κ3) is 4.13. The summed E-state index contributed by atoms with van der Waals surface area (Å²) in [6.07, 6.45) is 1.56. The molecular weight excluding hydrogens is 328 g/mol. The molecule has 1 unspecified atom stereocenters. The second-order valence-corrected chi connectivity index (χ2v) is 7.46. The van der Waals surface area contributed by atoms with Crippen molar-refractivity contribution in [3.8, 4) is 6.07 Å². The van der Waals surface area contributed by atoms with E-state index in [4.69, 9.17) is 16.9 Å². The van der Waals surface area contributed by atoms with Crippen LogP contribution in [0.15, 0.2) is 35.7 Å². The minimum atomic E-state index is -0.415. The molecule has 1 N–H and O–H groups in total. The molecule has 0 spiro atoms. The van der Waals surface area contributed by atoms with Crippen molar-refractivity contribution >= 4 is 22.9 Å². The van der Waals surface area contributed by atoms with E-state index < -0.39 is 6.10 Å². The third-order valence-corrected chi connectivity index (χ3v) is 5.63. The van der Waals surface area contributed by atoms with Gasteiger partial charge in [-0.05, 0) is 55.6 Å². The van der Waals surface area contributed by atoms with Gasteiger partial charge in [-0.25, -0.2) is 0 Å². The number of hydrogen-bond acceptors (Lipinski definition) is 4. The number of thiophene rings is 1. The largest absolute Gasteiger partial charge is 0.388 e. The Kier molecular flexibility index (Phi) is 5.34. The summed E-state index contributed by atoms with van der Waals surface area (Å²) in [5, 5.41) is 22.0. The lowest BCUT2D eigenvalue weighted by atomic mass is 9.87. The number of halogens is 1. The predicted molar refractivity (Wildman–Crippen MR) is 93.4 cm³/mol. The topological polar surface area (TPSA) is 47.3 Å². The van der Waals surface area contributed by atoms with Crippen LogP contribution in [0.5, 0.6) is 0 Å². The fourth-order valence-electron chi connectivity index (χ4n) is 3.10. The molecule has 1 aliphatic heterocycles. The van der Waals surface area contributed by atoms with Crippen LogP contribution in [-0.2, 0) is 6.54 Å². The smallest absolute Gasteiger partial charge is 0.100 e. The molecule has 5 heteroatoms. The van der Waals surface area contributed by atoms with Crippen molar-refractivity contribution in [2.24, 2.45) is 5.92 Å². The molecule has 0 aliphatic carbocycles. The van der Waals surface area contributed by atoms with Crippen LogP contribution in [0.2, 0.25) is 5.02 Å². The summed E-state index contributed by atoms with van der Waals surface area (Å²) in [6, 6.07) is 11.6. The Morgan fingerprint density at radius 3 is 2.61 bits per heavy atom. The van der Waals surface area contributed by atoms with Gasteiger partial charge in [-0.15, -0.1) is 11.3 Å². The number of piperidine rings is 1. The lowest BCUT2D eigenvalue weighted by Crippen LogP contribution is -2.35. The van der Waals surface area contributed by atoms with Crippen LogP contribution in [-0.4, -0.2) is 23.1 Å². The number of hydrogen-bond donors (Lipinski definition) is 1. The zero-order chi connectivity index (χ0) is 16.2. The van der Waals surface area contributed by atoms with Crippen LogP contribution in [0.4, 0.5) is 0 Å². The van der Waals surface area contributed by atoms with E-state index in [-0.39, 0.29) is 0 Å². The molecule has 2 aromatic rings. The number of aliphatic hydroxyl groups is 1. The van der Waals surface area contributed by atoms with Crippen molar-refractivity contribution in [2.75, 3.05) is 13.1 Å². The van der Waals surface area contributed by atoms with Crippen molar-refractivity contribution in [1.82, 2.24) is 4.90 Å². The summed E-state index contributed by atoms with van der Waals surface area (Å²) in [5.41, 5.74) is 1.70. The normalized spacial score (nSPS) is 17.8. The Bertz CT molecular complexity index is 684. The average molecular weight is 347 g/mol. The fourth-order valence-corrected chi connectivity index (χ4v) is 4.08. The summed E-state index contributed by atoms with van der Waals surface area (Å²) in [7, 11) is 0. The highest BCUT2D eigenvalue weighted by atomic mass is 35.5. The van der Waals surface area contributed by atoms with Gasteiger partial charge in [0.25, 0.3) is 0 Å². The third-order valence-electron chi connectivity index (χ3n) is 4.45. The van der Waals surface area contributed by atoms with Crippen molar-refractivity contribution in [2.45, 2.75) is 25.5 Å². The summed E-state index contributed by atoms with van der Waals surface area (Å²) in [6.45, 7) is 2.86. The molecular formula is C18H19ClN2OS. The van der Waals surface area contributed by atoms with Crippen molar-refractivity contribution in [1.29, 1.82) is 5.26 Å². The van der Waals surface area contributed by atoms with Gasteiger partial charge in [0.2, 0.25) is 0 Å². The van der Waals surface area contributed by atoms with Gasteiger partial charge in [-0.1, -0.05) is 23.7 Å². The highest BCUT2D eigenvalue weighted by molar-refractivity contribution is 7.10. The van der Waals surface area contributed by atoms with E-state index in [1.54, 1.807) is 11.3 Å². The van der Waals surface area contributed by atoms with Gasteiger partial charge in [-0.2, -0.15) is 5.26 Å². The SMILES string of the molecule is N#Cc1csc(CN2CCC(C(O)c3ccc(Cl)cc3)CC2)c1. The molecule has 1 atom stereocenters. The standard InChI is InChI=1S/C18H19ClN2OS/c19-16-3-1-14(2-4-16)18(22)15-5-7-21(8-6-15)11-17-9-13(10-20)12-23-17/h1-4,9,12,15,18,22H,5-8,11H2. The lowest BCUT2D eigenvalue weighted by molar-refractivity contribution is 0.0570. The Hall–Kier alpha value is -1.38. The molecule has 1 aliphatic rings. The van der Waals surface area contributed by atoms with E-state index in [1.807, 2.05) is 35.7 Å². The quantitative estimate of drug-likeness (QED) is 0.901. The molecule has 0 radical (unpaired) electrons. The Balaban J connectivity index is 1.53. The van der Waals surface area contributed by atoms with Crippen molar-refractivity contribution < 1.29 is 5.11 Å². The summed E-state index contributed by atoms with van der Waals surface area (Å²) in [4.78, 5) is 3.64. The second kappa shape index (κ2) is 7.46. The summed E-state index contributed by atoms with van der Waals surface area (Å²) in [5.74, 6) is 0.297. The van der Waals surface area contributed by atoms with Crippen LogP contribution in [0.25, 0.3) is 0 Å². The number of rotatable bonds is 4. The Morgan fingerprint density at radius 1 is 1.30 bits per heavy atom. The van der Waals surface area contributed by atoms with E-state index >= 15 is 0 Å². The fraction of sp³-hybridized carbons (Fsp3) is 0.389. The minimum Gasteiger partial charge on any atom is -0.388 e. The first-order valence-electron chi connectivity index (χ1n) is 7.79. The maximum Gasteiger partial charge on any atom is 0.100 e. The minimum absolute atomic E-state index is 0.297. The molecule has 23 heavy (non-hydrogen) atoms. The van der Waals surface area contributed by atoms with E-state index in [0.717, 1.165) is 43.6 Å². The number of aliphatic hydroxyl groups excluding tert-OH is 1. The first kappa shape index (κ1) is 16.5. The van der Waals surface area contributed by atoms with Gasteiger partial charge in [-0.3, -0.25) is 4.90 Å². The molecule has 0 amide bonds. The van der Waals surface area contributed by atoms with Crippen molar-refractivity contribution in [3.05, 3.63) is 56.7 Å². The highest BCUT2D eigenvalue weighted by Gasteiger charge is 2.26. The van der Waals surface area contributed by atoms with Gasteiger partial charge in [0.15, 0.2) is 0 Å². The van der Waals surface area contributed by atoms with Gasteiger partial charge >= 0.3 is 0 Å². The van der Waals surface area contributed by atoms with E-state index in [2.05, 4.69) is 11.0 Å². The lowest BCUT2D eigenvalue weighted by Gasteiger charge is -2.34. The van der Waals surface area contributed by atoms with Crippen LogP contribution in [0.1, 0.15) is 34.9 Å². The molecule has 1 aromatic heterocycles. The van der Waals surface area contributed by atoms with E-state index in [9.17, 15) is 5.11 Å². The summed E-state index contributed by atoms with van der Waals surface area (Å²) >= 11 is 7.55. The predicted octanol–water partition coefficient (Wildman–Crippen LogP) is 4.22. The Labute approximate surface area is 145 Å². The second-order valence-electron chi connectivity index (χ2n) is 6.02. The molecule has 3 nitrogen and oxygen atoms in total. The Morgan fingerprint density at radius 2 is 2.00 bits per heavy atom.